The quantitative estimate of drug-likeness (QED) is 0.723. The van der Waals surface area contributed by atoms with Gasteiger partial charge in [-0.05, 0) is 18.4 Å². The van der Waals surface area contributed by atoms with Crippen LogP contribution in [0, 0.1) is 12.8 Å². The molecule has 68 valence electrons. The molecule has 1 atom stereocenters. The molecule has 0 saturated carbocycles. The summed E-state index contributed by atoms with van der Waals surface area (Å²) in [6.45, 7) is 6.27. The van der Waals surface area contributed by atoms with Crippen molar-refractivity contribution in [3.8, 4) is 0 Å². The van der Waals surface area contributed by atoms with Crippen molar-refractivity contribution in [3.05, 3.63) is 17.5 Å². The first kappa shape index (κ1) is 9.26. The van der Waals surface area contributed by atoms with E-state index in [9.17, 15) is 0 Å². The molecule has 1 aromatic rings. The summed E-state index contributed by atoms with van der Waals surface area (Å²) in [5.74, 6) is 0.443. The molecule has 1 heterocycles. The first-order valence-corrected chi connectivity index (χ1v) is 4.28. The lowest BCUT2D eigenvalue weighted by Crippen LogP contribution is -2.18. The fraction of sp³-hybridized carbons (Fsp3) is 0.667. The molecule has 0 amide bonds. The monoisotopic (exact) mass is 167 g/mol. The molecule has 0 bridgehead atoms. The van der Waals surface area contributed by atoms with Gasteiger partial charge >= 0.3 is 0 Å². The topological polar surface area (TPSA) is 43.8 Å². The summed E-state index contributed by atoms with van der Waals surface area (Å²) in [4.78, 5) is 0. The minimum absolute atomic E-state index is 0.0613. The maximum absolute atomic E-state index is 5.98. The molecule has 0 aliphatic heterocycles. The molecule has 0 aromatic carbocycles. The lowest BCUT2D eigenvalue weighted by molar-refractivity contribution is 0.495. The van der Waals surface area contributed by atoms with Crippen LogP contribution in [0.2, 0.25) is 0 Å². The van der Waals surface area contributed by atoms with Crippen LogP contribution in [-0.4, -0.2) is 9.78 Å². The molecular weight excluding hydrogens is 150 g/mol. The van der Waals surface area contributed by atoms with Crippen molar-refractivity contribution >= 4 is 0 Å². The van der Waals surface area contributed by atoms with Crippen LogP contribution in [0.5, 0.6) is 0 Å². The number of nitrogens with zero attached hydrogens (tertiary/aromatic N) is 2. The summed E-state index contributed by atoms with van der Waals surface area (Å²) in [7, 11) is 1.92. The Balaban J connectivity index is 2.94. The molecule has 0 saturated heterocycles. The van der Waals surface area contributed by atoms with Crippen LogP contribution in [0.25, 0.3) is 0 Å². The van der Waals surface area contributed by atoms with Gasteiger partial charge in [-0.25, -0.2) is 0 Å². The van der Waals surface area contributed by atoms with E-state index in [1.54, 1.807) is 0 Å². The van der Waals surface area contributed by atoms with Crippen molar-refractivity contribution in [3.63, 3.8) is 0 Å². The van der Waals surface area contributed by atoms with E-state index >= 15 is 0 Å². The number of rotatable bonds is 2. The number of nitrogens with two attached hydrogens (primary N) is 1. The molecular formula is C9H17N3. The van der Waals surface area contributed by atoms with Crippen molar-refractivity contribution in [2.45, 2.75) is 26.8 Å². The largest absolute Gasteiger partial charge is 0.322 e. The van der Waals surface area contributed by atoms with E-state index in [0.29, 0.717) is 5.92 Å². The van der Waals surface area contributed by atoms with Gasteiger partial charge in [-0.15, -0.1) is 0 Å². The molecule has 1 aromatic heterocycles. The highest BCUT2D eigenvalue weighted by Gasteiger charge is 2.15. The SMILES string of the molecule is Cc1cn(C)nc1C(N)C(C)C. The minimum atomic E-state index is 0.0613. The Morgan fingerprint density at radius 3 is 2.42 bits per heavy atom. The molecule has 0 aliphatic rings. The van der Waals surface area contributed by atoms with Gasteiger partial charge in [0.25, 0.3) is 0 Å². The first-order valence-electron chi connectivity index (χ1n) is 4.28. The van der Waals surface area contributed by atoms with Crippen LogP contribution >= 0.6 is 0 Å². The van der Waals surface area contributed by atoms with Crippen molar-refractivity contribution < 1.29 is 0 Å². The molecule has 2 N–H and O–H groups in total. The van der Waals surface area contributed by atoms with Gasteiger partial charge in [-0.2, -0.15) is 5.10 Å². The summed E-state index contributed by atoms with van der Waals surface area (Å²) in [6.07, 6.45) is 2.00. The molecule has 0 aliphatic carbocycles. The molecule has 1 unspecified atom stereocenters. The molecule has 0 radical (unpaired) electrons. The van der Waals surface area contributed by atoms with Gasteiger partial charge in [0.15, 0.2) is 0 Å². The highest BCUT2D eigenvalue weighted by Crippen LogP contribution is 2.19. The summed E-state index contributed by atoms with van der Waals surface area (Å²) in [5, 5.41) is 4.32. The average molecular weight is 167 g/mol. The molecule has 3 heteroatoms. The van der Waals surface area contributed by atoms with Crippen LogP contribution in [0.3, 0.4) is 0 Å². The van der Waals surface area contributed by atoms with Gasteiger partial charge in [0.2, 0.25) is 0 Å². The summed E-state index contributed by atoms with van der Waals surface area (Å²) >= 11 is 0. The normalized spacial score (nSPS) is 13.8. The van der Waals surface area contributed by atoms with Crippen molar-refractivity contribution in [2.75, 3.05) is 0 Å². The van der Waals surface area contributed by atoms with Crippen molar-refractivity contribution in [2.24, 2.45) is 18.7 Å². The Morgan fingerprint density at radius 1 is 1.50 bits per heavy atom. The number of aromatic nitrogens is 2. The highest BCUT2D eigenvalue weighted by molar-refractivity contribution is 5.18. The summed E-state index contributed by atoms with van der Waals surface area (Å²) < 4.78 is 1.81. The Kier molecular flexibility index (Phi) is 2.52. The third-order valence-electron chi connectivity index (χ3n) is 2.08. The van der Waals surface area contributed by atoms with Crippen LogP contribution in [0.4, 0.5) is 0 Å². The lowest BCUT2D eigenvalue weighted by atomic mass is 10.0. The first-order chi connectivity index (χ1) is 5.52. The van der Waals surface area contributed by atoms with Crippen LogP contribution in [0.1, 0.15) is 31.1 Å². The third kappa shape index (κ3) is 1.67. The molecule has 1 rings (SSSR count). The zero-order chi connectivity index (χ0) is 9.30. The lowest BCUT2D eigenvalue weighted by Gasteiger charge is -2.13. The second kappa shape index (κ2) is 3.27. The van der Waals surface area contributed by atoms with E-state index in [0.717, 1.165) is 5.69 Å². The smallest absolute Gasteiger partial charge is 0.0823 e. The maximum atomic E-state index is 5.98. The fourth-order valence-corrected chi connectivity index (χ4v) is 1.27. The Morgan fingerprint density at radius 2 is 2.08 bits per heavy atom. The van der Waals surface area contributed by atoms with Gasteiger partial charge in [-0.1, -0.05) is 13.8 Å². The van der Waals surface area contributed by atoms with E-state index in [1.165, 1.54) is 5.56 Å². The van der Waals surface area contributed by atoms with Crippen LogP contribution in [-0.2, 0) is 7.05 Å². The van der Waals surface area contributed by atoms with Gasteiger partial charge in [0.05, 0.1) is 11.7 Å². The number of aryl methyl sites for hydroxylation is 2. The summed E-state index contributed by atoms with van der Waals surface area (Å²) in [5.41, 5.74) is 8.18. The molecule has 0 fully saturated rings. The van der Waals surface area contributed by atoms with Gasteiger partial charge in [0, 0.05) is 13.2 Å². The Hall–Kier alpha value is -0.830. The van der Waals surface area contributed by atoms with Crippen molar-refractivity contribution in [1.29, 1.82) is 0 Å². The molecule has 12 heavy (non-hydrogen) atoms. The van der Waals surface area contributed by atoms with Gasteiger partial charge in [-0.3, -0.25) is 4.68 Å². The molecule has 3 nitrogen and oxygen atoms in total. The van der Waals surface area contributed by atoms with Crippen LogP contribution in [0.15, 0.2) is 6.20 Å². The Bertz CT molecular complexity index is 263. The predicted molar refractivity (Wildman–Crippen MR) is 49.7 cm³/mol. The fourth-order valence-electron chi connectivity index (χ4n) is 1.27. The predicted octanol–water partition coefficient (Wildman–Crippen LogP) is 1.38. The van der Waals surface area contributed by atoms with Gasteiger partial charge in [0.1, 0.15) is 0 Å². The third-order valence-corrected chi connectivity index (χ3v) is 2.08. The number of hydrogen-bond donors (Lipinski definition) is 1. The summed E-state index contributed by atoms with van der Waals surface area (Å²) in [6, 6.07) is 0.0613. The molecule has 0 spiro atoms. The minimum Gasteiger partial charge on any atom is -0.322 e. The van der Waals surface area contributed by atoms with Crippen molar-refractivity contribution in [1.82, 2.24) is 9.78 Å². The van der Waals surface area contributed by atoms with E-state index in [-0.39, 0.29) is 6.04 Å². The van der Waals surface area contributed by atoms with E-state index in [4.69, 9.17) is 5.73 Å². The zero-order valence-corrected chi connectivity index (χ0v) is 8.20. The second-order valence-electron chi connectivity index (χ2n) is 3.64. The highest BCUT2D eigenvalue weighted by atomic mass is 15.3. The average Bonchev–Trinajstić information content (AvgIpc) is 2.28. The maximum Gasteiger partial charge on any atom is 0.0823 e. The van der Waals surface area contributed by atoms with E-state index < -0.39 is 0 Å². The Labute approximate surface area is 73.6 Å². The zero-order valence-electron chi connectivity index (χ0n) is 8.20. The number of hydrogen-bond acceptors (Lipinski definition) is 2. The van der Waals surface area contributed by atoms with Gasteiger partial charge < -0.3 is 5.73 Å². The second-order valence-corrected chi connectivity index (χ2v) is 3.64. The van der Waals surface area contributed by atoms with Crippen LogP contribution < -0.4 is 5.73 Å². The standard InChI is InChI=1S/C9H17N3/c1-6(2)8(10)9-7(3)5-12(4)11-9/h5-6,8H,10H2,1-4H3. The van der Waals surface area contributed by atoms with E-state index in [2.05, 4.69) is 18.9 Å². The van der Waals surface area contributed by atoms with E-state index in [1.807, 2.05) is 24.9 Å².